The molecule has 2 aromatic carbocycles. The number of Topliss-reactive ketones (excluding diaryl/α,β-unsaturated/α-hetero) is 1. The van der Waals surface area contributed by atoms with E-state index in [1.165, 1.54) is 6.07 Å². The minimum atomic E-state index is -6.44. The van der Waals surface area contributed by atoms with E-state index in [0.717, 1.165) is 32.1 Å². The van der Waals surface area contributed by atoms with E-state index < -0.39 is 49.0 Å². The molecule has 45 heavy (non-hydrogen) atoms. The third-order valence-corrected chi connectivity index (χ3v) is 18.1. The van der Waals surface area contributed by atoms with E-state index in [1.807, 2.05) is 30.3 Å². The number of carbonyl (C=O) groups excluding carboxylic acids is 4. The molecule has 3 atom stereocenters. The van der Waals surface area contributed by atoms with Crippen molar-refractivity contribution in [1.82, 2.24) is 4.98 Å². The number of hydrogen-bond acceptors (Lipinski definition) is 10. The van der Waals surface area contributed by atoms with Crippen LogP contribution >= 0.6 is 18.7 Å². The summed E-state index contributed by atoms with van der Waals surface area (Å²) >= 11 is -6.44. The molecule has 0 radical (unpaired) electrons. The Hall–Kier alpha value is -3.72. The first-order valence-corrected chi connectivity index (χ1v) is 19.5. The van der Waals surface area contributed by atoms with E-state index in [2.05, 4.69) is 2.70 Å². The Kier molecular flexibility index (Phi) is 7.30. The summed E-state index contributed by atoms with van der Waals surface area (Å²) in [5.41, 5.74) is 2.92. The second kappa shape index (κ2) is 11.0. The number of allylic oxidation sites excluding steroid dienone is 1. The van der Waals surface area contributed by atoms with Gasteiger partial charge in [-0.2, -0.15) is 0 Å². The van der Waals surface area contributed by atoms with Gasteiger partial charge in [0.15, 0.2) is 0 Å². The summed E-state index contributed by atoms with van der Waals surface area (Å²) in [6.45, 7) is 2.37. The van der Waals surface area contributed by atoms with Crippen LogP contribution in [0.5, 0.6) is 0 Å². The fourth-order valence-corrected chi connectivity index (χ4v) is 16.5. The summed E-state index contributed by atoms with van der Waals surface area (Å²) in [6, 6.07) is 15.8. The number of aliphatic hydroxyl groups excluding tert-OH is 1. The Morgan fingerprint density at radius 3 is 2.51 bits per heavy atom. The van der Waals surface area contributed by atoms with Gasteiger partial charge in [-0.15, -0.1) is 0 Å². The van der Waals surface area contributed by atoms with Gasteiger partial charge in [0.1, 0.15) is 0 Å². The van der Waals surface area contributed by atoms with Crippen LogP contribution in [0.2, 0.25) is 0 Å². The molecule has 0 saturated carbocycles. The average molecular weight is 731 g/mol. The van der Waals surface area contributed by atoms with Crippen molar-refractivity contribution in [2.24, 2.45) is 5.92 Å². The molecular formula is C33H33INO10+. The first-order chi connectivity index (χ1) is 21.6. The van der Waals surface area contributed by atoms with Crippen LogP contribution in [-0.4, -0.2) is 53.3 Å². The number of ether oxygens (including phenoxy) is 1. The maximum absolute atomic E-state index is 14.0. The number of ketones is 1. The first kappa shape index (κ1) is 30.0. The number of benzene rings is 2. The molecule has 3 unspecified atom stereocenters. The average Bonchev–Trinajstić information content (AvgIpc) is 3.45. The van der Waals surface area contributed by atoms with Crippen molar-refractivity contribution in [3.63, 3.8) is 0 Å². The number of pyridine rings is 1. The van der Waals surface area contributed by atoms with E-state index in [9.17, 15) is 24.3 Å². The number of nitrogens with zero attached hydrogens (tertiary/aromatic N) is 1. The molecule has 3 heterocycles. The molecule has 1 aromatic heterocycles. The standard InChI is InChI=1S/C33H33INO10/c1-19(36)42-34(43-20(2)37,26-11-5-4-10-23(26)33(40)44-34)45(30-13-7-8-14-41-30)18-25-29(39)17-22-16-28(38)24-15-21-9-3-6-12-27(21)35-32(24)31(22)25/h3-6,9-12,15,22,28,30,38H,7-8,13-14,16-18H2,1-2H3/q+1. The molecule has 2 aliphatic carbocycles. The van der Waals surface area contributed by atoms with Gasteiger partial charge < -0.3 is 0 Å². The van der Waals surface area contributed by atoms with E-state index >= 15 is 0 Å². The Labute approximate surface area is 262 Å². The van der Waals surface area contributed by atoms with Gasteiger partial charge in [-0.25, -0.2) is 0 Å². The van der Waals surface area contributed by atoms with Gasteiger partial charge >= 0.3 is 263 Å². The summed E-state index contributed by atoms with van der Waals surface area (Å²) in [7, 11) is 0. The molecule has 4 aliphatic rings. The van der Waals surface area contributed by atoms with Crippen molar-refractivity contribution in [1.29, 1.82) is 0 Å². The number of aliphatic hydroxyl groups is 1. The van der Waals surface area contributed by atoms with Crippen LogP contribution in [0, 0.1) is 9.49 Å². The Morgan fingerprint density at radius 2 is 1.78 bits per heavy atom. The van der Waals surface area contributed by atoms with E-state index in [1.54, 1.807) is 18.2 Å². The molecule has 0 spiro atoms. The minimum absolute atomic E-state index is 0.0926. The molecule has 1 fully saturated rings. The number of aromatic nitrogens is 1. The third-order valence-electron chi connectivity index (χ3n) is 8.54. The summed E-state index contributed by atoms with van der Waals surface area (Å²) < 4.78 is 27.6. The molecule has 2 aliphatic heterocycles. The van der Waals surface area contributed by atoms with Crippen molar-refractivity contribution in [3.05, 3.63) is 80.6 Å². The maximum atomic E-state index is 14.0. The van der Waals surface area contributed by atoms with Crippen molar-refractivity contribution in [2.45, 2.75) is 58.3 Å². The van der Waals surface area contributed by atoms with Crippen LogP contribution in [0.1, 0.15) is 73.7 Å². The Bertz CT molecular complexity index is 1790. The van der Waals surface area contributed by atoms with Gasteiger partial charge in [0, 0.05) is 0 Å². The SMILES string of the molecule is CC(=O)OI1(OC(C)=O)([O+](CC2=C3c4nc5ccccc5cc4C(O)CC3CC2=O)C2CCCCO2)OC(=O)c2ccccc21. The van der Waals surface area contributed by atoms with Crippen LogP contribution < -0.4 is 0 Å². The summed E-state index contributed by atoms with van der Waals surface area (Å²) in [5.74, 6) is -3.01. The predicted octanol–water partition coefficient (Wildman–Crippen LogP) is 5.50. The zero-order chi connectivity index (χ0) is 31.5. The molecule has 0 amide bonds. The van der Waals surface area contributed by atoms with Crippen LogP contribution in [0.4, 0.5) is 0 Å². The number of hydrogen-bond donors (Lipinski definition) is 1. The number of fused-ring (bicyclic) bond motifs is 5. The van der Waals surface area contributed by atoms with Crippen LogP contribution in [0.3, 0.4) is 0 Å². The van der Waals surface area contributed by atoms with Gasteiger partial charge in [-0.1, -0.05) is 0 Å². The van der Waals surface area contributed by atoms with Gasteiger partial charge in [-0.05, 0) is 0 Å². The second-order valence-electron chi connectivity index (χ2n) is 11.6. The molecule has 236 valence electrons. The number of para-hydroxylation sites is 1. The molecule has 1 saturated heterocycles. The molecule has 3 aromatic rings. The molecular weight excluding hydrogens is 697 g/mol. The van der Waals surface area contributed by atoms with Gasteiger partial charge in [-0.3, -0.25) is 0 Å². The zero-order valence-corrected chi connectivity index (χ0v) is 27.0. The number of halogens is 1. The fraction of sp³-hybridized carbons (Fsp3) is 0.364. The summed E-state index contributed by atoms with van der Waals surface area (Å²) in [6.07, 6.45) is 0.630. The van der Waals surface area contributed by atoms with E-state index in [4.69, 9.17) is 18.9 Å². The Balaban J connectivity index is 1.49. The van der Waals surface area contributed by atoms with Crippen molar-refractivity contribution >= 4 is 58.9 Å². The van der Waals surface area contributed by atoms with Gasteiger partial charge in [0.25, 0.3) is 0 Å². The van der Waals surface area contributed by atoms with Gasteiger partial charge in [0.05, 0.1) is 0 Å². The molecule has 1 N–H and O–H groups in total. The van der Waals surface area contributed by atoms with Crippen molar-refractivity contribution in [2.75, 3.05) is 13.2 Å². The predicted molar refractivity (Wildman–Crippen MR) is 169 cm³/mol. The summed E-state index contributed by atoms with van der Waals surface area (Å²) in [5, 5.41) is 12.0. The van der Waals surface area contributed by atoms with Gasteiger partial charge in [0.2, 0.25) is 0 Å². The molecule has 0 bridgehead atoms. The Morgan fingerprint density at radius 1 is 1.04 bits per heavy atom. The van der Waals surface area contributed by atoms with Crippen molar-refractivity contribution < 1.29 is 40.9 Å². The molecule has 7 rings (SSSR count). The fourth-order valence-electron chi connectivity index (χ4n) is 6.78. The summed E-state index contributed by atoms with van der Waals surface area (Å²) in [4.78, 5) is 58.4. The monoisotopic (exact) mass is 730 g/mol. The van der Waals surface area contributed by atoms with Crippen LogP contribution in [0.15, 0.2) is 60.2 Å². The molecule has 11 nitrogen and oxygen atoms in total. The topological polar surface area (TPSA) is 141 Å². The molecule has 12 heteroatoms. The van der Waals surface area contributed by atoms with Crippen molar-refractivity contribution in [3.8, 4) is 0 Å². The quantitative estimate of drug-likeness (QED) is 0.256. The van der Waals surface area contributed by atoms with E-state index in [0.29, 0.717) is 47.4 Å². The normalized spacial score (nSPS) is 25.5. The zero-order valence-electron chi connectivity index (χ0n) is 24.8. The van der Waals surface area contributed by atoms with Crippen LogP contribution in [-0.2, 0) is 31.0 Å². The second-order valence-corrected chi connectivity index (χ2v) is 19.1. The third kappa shape index (κ3) is 4.68. The first-order valence-electron chi connectivity index (χ1n) is 14.9. The van der Waals surface area contributed by atoms with E-state index in [-0.39, 0.29) is 33.9 Å². The number of carbonyl (C=O) groups is 4. The number of rotatable bonds is 6. The van der Waals surface area contributed by atoms with Crippen LogP contribution in [0.25, 0.3) is 16.5 Å².